The number of thiophene rings is 1. The molecule has 6 heteroatoms. The summed E-state index contributed by atoms with van der Waals surface area (Å²) in [6, 6.07) is 14.8. The third kappa shape index (κ3) is 4.28. The highest BCUT2D eigenvalue weighted by atomic mass is 35.5. The molecule has 0 saturated heterocycles. The zero-order valence-electron chi connectivity index (χ0n) is 15.8. The van der Waals surface area contributed by atoms with Crippen molar-refractivity contribution in [2.75, 3.05) is 27.2 Å². The topological polar surface area (TPSA) is 12.5 Å². The van der Waals surface area contributed by atoms with Gasteiger partial charge in [0.15, 0.2) is 0 Å². The highest BCUT2D eigenvalue weighted by Gasteiger charge is 2.23. The van der Waals surface area contributed by atoms with Crippen LogP contribution in [0, 0.1) is 0 Å². The molecule has 28 heavy (non-hydrogen) atoms. The standard InChI is InChI=1S/C22H21Cl2NOS2/c1-25(2)8-5-9-26-13-14-10-16-15-6-3-4-7-20(15)28-21-12-19(24)18(23)11-17(21)22(16)27-14/h3-4,6-7,10-12H,5,8-9,13H2,1-2H3. The Bertz CT molecular complexity index is 1000. The van der Waals surface area contributed by atoms with Crippen LogP contribution in [-0.4, -0.2) is 32.1 Å². The van der Waals surface area contributed by atoms with Gasteiger partial charge in [0.2, 0.25) is 0 Å². The molecule has 1 aliphatic heterocycles. The highest BCUT2D eigenvalue weighted by Crippen LogP contribution is 2.52. The van der Waals surface area contributed by atoms with Crippen LogP contribution < -0.4 is 0 Å². The number of nitrogens with zero attached hydrogens (tertiary/aromatic N) is 1. The zero-order chi connectivity index (χ0) is 19.7. The van der Waals surface area contributed by atoms with Crippen molar-refractivity contribution in [3.8, 4) is 21.6 Å². The summed E-state index contributed by atoms with van der Waals surface area (Å²) in [5.74, 6) is 0. The van der Waals surface area contributed by atoms with Crippen molar-refractivity contribution in [3.05, 3.63) is 57.4 Å². The summed E-state index contributed by atoms with van der Waals surface area (Å²) in [7, 11) is 4.17. The lowest BCUT2D eigenvalue weighted by Crippen LogP contribution is -2.14. The SMILES string of the molecule is CN(C)CCCOCc1cc2c(s1)-c1cc(Cl)c(Cl)cc1Sc1ccccc1-2. The normalized spacial score (nSPS) is 12.5. The Balaban J connectivity index is 1.68. The largest absolute Gasteiger partial charge is 0.376 e. The Morgan fingerprint density at radius 2 is 1.71 bits per heavy atom. The molecule has 0 amide bonds. The number of ether oxygens (including phenoxy) is 1. The first-order valence-corrected chi connectivity index (χ1v) is 11.5. The number of halogens is 2. The van der Waals surface area contributed by atoms with E-state index in [2.05, 4.69) is 49.3 Å². The molecule has 0 fully saturated rings. The predicted molar refractivity (Wildman–Crippen MR) is 122 cm³/mol. The molecule has 146 valence electrons. The van der Waals surface area contributed by atoms with E-state index < -0.39 is 0 Å². The predicted octanol–water partition coefficient (Wildman–Crippen LogP) is 7.32. The van der Waals surface area contributed by atoms with Crippen molar-refractivity contribution in [3.63, 3.8) is 0 Å². The molecule has 0 bridgehead atoms. The average Bonchev–Trinajstić information content (AvgIpc) is 3.03. The van der Waals surface area contributed by atoms with Crippen LogP contribution in [0.25, 0.3) is 21.6 Å². The van der Waals surface area contributed by atoms with E-state index in [0.717, 1.165) is 30.0 Å². The zero-order valence-corrected chi connectivity index (χ0v) is 18.9. The molecule has 0 radical (unpaired) electrons. The van der Waals surface area contributed by atoms with Gasteiger partial charge in [-0.1, -0.05) is 53.2 Å². The second kappa shape index (κ2) is 8.78. The van der Waals surface area contributed by atoms with E-state index in [4.69, 9.17) is 27.9 Å². The maximum absolute atomic E-state index is 6.36. The van der Waals surface area contributed by atoms with E-state index in [9.17, 15) is 0 Å². The first-order chi connectivity index (χ1) is 13.5. The number of rotatable bonds is 6. The van der Waals surface area contributed by atoms with Crippen LogP contribution in [0.5, 0.6) is 0 Å². The van der Waals surface area contributed by atoms with E-state index >= 15 is 0 Å². The maximum Gasteiger partial charge on any atom is 0.0809 e. The van der Waals surface area contributed by atoms with Gasteiger partial charge in [-0.2, -0.15) is 0 Å². The van der Waals surface area contributed by atoms with E-state index in [0.29, 0.717) is 16.7 Å². The molecule has 0 atom stereocenters. The molecular formula is C22H21Cl2NOS2. The van der Waals surface area contributed by atoms with Crippen molar-refractivity contribution >= 4 is 46.3 Å². The van der Waals surface area contributed by atoms with Crippen molar-refractivity contribution in [1.82, 2.24) is 4.90 Å². The summed E-state index contributed by atoms with van der Waals surface area (Å²) in [6.07, 6.45) is 1.04. The monoisotopic (exact) mass is 449 g/mol. The van der Waals surface area contributed by atoms with Gasteiger partial charge in [0.1, 0.15) is 0 Å². The van der Waals surface area contributed by atoms with Crippen LogP contribution in [0.3, 0.4) is 0 Å². The van der Waals surface area contributed by atoms with Gasteiger partial charge in [0.05, 0.1) is 16.7 Å². The van der Waals surface area contributed by atoms with Gasteiger partial charge in [-0.25, -0.2) is 0 Å². The molecule has 2 aromatic carbocycles. The minimum absolute atomic E-state index is 0.591. The van der Waals surface area contributed by atoms with Crippen LogP contribution in [0.1, 0.15) is 11.3 Å². The molecule has 2 nitrogen and oxygen atoms in total. The van der Waals surface area contributed by atoms with Gasteiger partial charge < -0.3 is 9.64 Å². The Morgan fingerprint density at radius 3 is 2.54 bits per heavy atom. The molecule has 0 saturated carbocycles. The summed E-state index contributed by atoms with van der Waals surface area (Å²) in [5.41, 5.74) is 3.65. The van der Waals surface area contributed by atoms with E-state index in [1.54, 1.807) is 23.1 Å². The molecule has 3 aromatic rings. The summed E-state index contributed by atoms with van der Waals surface area (Å²) >= 11 is 16.2. The van der Waals surface area contributed by atoms with Crippen LogP contribution in [-0.2, 0) is 11.3 Å². The molecule has 0 unspecified atom stereocenters. The van der Waals surface area contributed by atoms with Crippen molar-refractivity contribution in [1.29, 1.82) is 0 Å². The Kier molecular flexibility index (Phi) is 6.36. The molecular weight excluding hydrogens is 429 g/mol. The van der Waals surface area contributed by atoms with E-state index in [1.807, 2.05) is 12.1 Å². The fourth-order valence-electron chi connectivity index (χ4n) is 3.26. The molecule has 0 spiro atoms. The van der Waals surface area contributed by atoms with Gasteiger partial charge in [-0.3, -0.25) is 0 Å². The Labute approximate surface area is 184 Å². The molecule has 4 rings (SSSR count). The van der Waals surface area contributed by atoms with Gasteiger partial charge in [-0.05, 0) is 56.9 Å². The maximum atomic E-state index is 6.36. The molecule has 1 aromatic heterocycles. The number of benzene rings is 2. The molecule has 0 N–H and O–H groups in total. The van der Waals surface area contributed by atoms with Gasteiger partial charge in [0, 0.05) is 37.3 Å². The minimum Gasteiger partial charge on any atom is -0.376 e. The smallest absolute Gasteiger partial charge is 0.0809 e. The van der Waals surface area contributed by atoms with Crippen LogP contribution in [0.2, 0.25) is 10.0 Å². The number of hydrogen-bond acceptors (Lipinski definition) is 4. The first-order valence-electron chi connectivity index (χ1n) is 9.15. The lowest BCUT2D eigenvalue weighted by atomic mass is 10.0. The third-order valence-electron chi connectivity index (χ3n) is 4.59. The third-order valence-corrected chi connectivity index (χ3v) is 7.58. The Hall–Kier alpha value is -1.01. The first kappa shape index (κ1) is 20.3. The quantitative estimate of drug-likeness (QED) is 0.286. The van der Waals surface area contributed by atoms with Crippen LogP contribution >= 0.6 is 46.3 Å². The van der Waals surface area contributed by atoms with Gasteiger partial charge in [0.25, 0.3) is 0 Å². The van der Waals surface area contributed by atoms with E-state index in [1.165, 1.54) is 25.8 Å². The number of hydrogen-bond donors (Lipinski definition) is 0. The number of fused-ring (bicyclic) bond motifs is 5. The highest BCUT2D eigenvalue weighted by molar-refractivity contribution is 7.99. The van der Waals surface area contributed by atoms with Gasteiger partial charge >= 0.3 is 0 Å². The lowest BCUT2D eigenvalue weighted by Gasteiger charge is -2.09. The second-order valence-electron chi connectivity index (χ2n) is 7.03. The Morgan fingerprint density at radius 1 is 0.929 bits per heavy atom. The van der Waals surface area contributed by atoms with Crippen molar-refractivity contribution in [2.24, 2.45) is 0 Å². The average molecular weight is 450 g/mol. The summed E-state index contributed by atoms with van der Waals surface area (Å²) in [6.45, 7) is 2.44. The lowest BCUT2D eigenvalue weighted by molar-refractivity contribution is 0.115. The molecule has 0 aliphatic carbocycles. The molecule has 2 heterocycles. The fraction of sp³-hybridized carbons (Fsp3) is 0.273. The van der Waals surface area contributed by atoms with Crippen molar-refractivity contribution in [2.45, 2.75) is 22.8 Å². The van der Waals surface area contributed by atoms with Crippen molar-refractivity contribution < 1.29 is 4.74 Å². The van der Waals surface area contributed by atoms with E-state index in [-0.39, 0.29) is 0 Å². The minimum atomic E-state index is 0.591. The van der Waals surface area contributed by atoms with Gasteiger partial charge in [-0.15, -0.1) is 11.3 Å². The summed E-state index contributed by atoms with van der Waals surface area (Å²) in [4.78, 5) is 7.02. The summed E-state index contributed by atoms with van der Waals surface area (Å²) in [5, 5.41) is 1.18. The summed E-state index contributed by atoms with van der Waals surface area (Å²) < 4.78 is 5.93. The fourth-order valence-corrected chi connectivity index (χ4v) is 5.97. The molecule has 1 aliphatic rings. The van der Waals surface area contributed by atoms with Crippen LogP contribution in [0.15, 0.2) is 52.3 Å². The second-order valence-corrected chi connectivity index (χ2v) is 10.1. The van der Waals surface area contributed by atoms with Crippen LogP contribution in [0.4, 0.5) is 0 Å².